The Kier molecular flexibility index (Phi) is 5.09. The molecule has 12 heteroatoms. The Bertz CT molecular complexity index is 737. The topological polar surface area (TPSA) is 148 Å². The molecule has 126 valence electrons. The number of carbonyl (C=O) groups excluding carboxylic acids is 3. The van der Waals surface area contributed by atoms with E-state index in [1.807, 2.05) is 5.32 Å². The number of amides is 4. The van der Waals surface area contributed by atoms with Gasteiger partial charge in [0, 0.05) is 12.6 Å². The summed E-state index contributed by atoms with van der Waals surface area (Å²) in [6.07, 6.45) is 1.53. The van der Waals surface area contributed by atoms with Crippen molar-refractivity contribution in [2.75, 3.05) is 12.0 Å². The van der Waals surface area contributed by atoms with Crippen LogP contribution in [-0.2, 0) is 9.59 Å². The first-order valence-electron chi connectivity index (χ1n) is 6.45. The second kappa shape index (κ2) is 7.21. The van der Waals surface area contributed by atoms with Crippen molar-refractivity contribution in [2.45, 2.75) is 6.04 Å². The molecule has 1 aromatic heterocycles. The number of hydrogen-bond donors (Lipinski definition) is 5. The second-order valence-corrected chi connectivity index (χ2v) is 4.49. The fourth-order valence-corrected chi connectivity index (χ4v) is 1.61. The average Bonchev–Trinajstić information content (AvgIpc) is 2.84. The maximum absolute atomic E-state index is 13.3. The average molecular weight is 339 g/mol. The molecule has 24 heavy (non-hydrogen) atoms. The minimum absolute atomic E-state index is 0.214. The fourth-order valence-electron chi connectivity index (χ4n) is 1.61. The van der Waals surface area contributed by atoms with Crippen molar-refractivity contribution >= 4 is 35.6 Å². The minimum Gasteiger partial charge on any atom is -0.348 e. The van der Waals surface area contributed by atoms with Crippen LogP contribution < -0.4 is 21.4 Å². The van der Waals surface area contributed by atoms with Gasteiger partial charge in [-0.3, -0.25) is 25.7 Å². The number of anilines is 1. The molecule has 4 amide bonds. The number of rotatable bonds is 6. The molecule has 0 unspecified atom stereocenters. The summed E-state index contributed by atoms with van der Waals surface area (Å²) in [4.78, 5) is 37.1. The molecule has 0 spiro atoms. The third-order valence-electron chi connectivity index (χ3n) is 2.74. The summed E-state index contributed by atoms with van der Waals surface area (Å²) >= 11 is 0. The molecular formula is C12H11F2N7O3. The molecule has 1 saturated heterocycles. The van der Waals surface area contributed by atoms with Gasteiger partial charge in [0.2, 0.25) is 0 Å². The number of nitrogens with one attached hydrogen (secondary N) is 5. The van der Waals surface area contributed by atoms with E-state index in [0.29, 0.717) is 6.07 Å². The lowest BCUT2D eigenvalue weighted by Gasteiger charge is -2.08. The van der Waals surface area contributed by atoms with Crippen LogP contribution in [0.2, 0.25) is 0 Å². The molecule has 0 aliphatic carbocycles. The van der Waals surface area contributed by atoms with Crippen molar-refractivity contribution in [2.24, 2.45) is 5.10 Å². The first-order valence-corrected chi connectivity index (χ1v) is 6.45. The maximum atomic E-state index is 13.3. The Morgan fingerprint density at radius 3 is 2.83 bits per heavy atom. The Balaban J connectivity index is 1.81. The van der Waals surface area contributed by atoms with Gasteiger partial charge in [-0.05, 0) is 0 Å². The molecule has 1 aliphatic heterocycles. The number of pyridine rings is 1. The number of hydrogen-bond acceptors (Lipinski definition) is 7. The van der Waals surface area contributed by atoms with Crippen molar-refractivity contribution in [1.29, 1.82) is 5.41 Å². The van der Waals surface area contributed by atoms with Gasteiger partial charge in [-0.25, -0.2) is 18.6 Å². The smallest absolute Gasteiger partial charge is 0.322 e. The van der Waals surface area contributed by atoms with Crippen LogP contribution in [0, 0.1) is 17.0 Å². The summed E-state index contributed by atoms with van der Waals surface area (Å²) in [6.45, 7) is -0.214. The number of halogens is 2. The van der Waals surface area contributed by atoms with E-state index < -0.39 is 41.2 Å². The van der Waals surface area contributed by atoms with Gasteiger partial charge in [0.1, 0.15) is 17.6 Å². The van der Waals surface area contributed by atoms with Gasteiger partial charge >= 0.3 is 6.03 Å². The van der Waals surface area contributed by atoms with Crippen LogP contribution >= 0.6 is 0 Å². The van der Waals surface area contributed by atoms with E-state index in [-0.39, 0.29) is 12.4 Å². The number of carbonyl (C=O) groups is 3. The summed E-state index contributed by atoms with van der Waals surface area (Å²) in [5.74, 6) is -3.71. The normalized spacial score (nSPS) is 16.7. The zero-order chi connectivity index (χ0) is 17.7. The highest BCUT2D eigenvalue weighted by molar-refractivity contribution is 6.59. The SMILES string of the molecule is N=C(/C=N\Nc1ncc(F)cc1F)C(=O)NC[C@H]1NC(=O)NC1=O. The van der Waals surface area contributed by atoms with Crippen LogP contribution in [0.4, 0.5) is 19.4 Å². The lowest BCUT2D eigenvalue weighted by Crippen LogP contribution is -2.43. The van der Waals surface area contributed by atoms with Crippen molar-refractivity contribution in [3.8, 4) is 0 Å². The molecule has 2 heterocycles. The third-order valence-corrected chi connectivity index (χ3v) is 2.74. The van der Waals surface area contributed by atoms with Crippen molar-refractivity contribution < 1.29 is 23.2 Å². The van der Waals surface area contributed by atoms with Crippen LogP contribution in [0.25, 0.3) is 0 Å². The minimum atomic E-state index is -0.994. The van der Waals surface area contributed by atoms with Crippen LogP contribution in [0.3, 0.4) is 0 Å². The van der Waals surface area contributed by atoms with Crippen molar-refractivity contribution in [3.05, 3.63) is 23.9 Å². The van der Waals surface area contributed by atoms with Gasteiger partial charge in [0.25, 0.3) is 11.8 Å². The molecule has 0 saturated carbocycles. The molecule has 1 atom stereocenters. The molecular weight excluding hydrogens is 328 g/mol. The zero-order valence-electron chi connectivity index (χ0n) is 11.9. The molecule has 1 aliphatic rings. The fraction of sp³-hybridized carbons (Fsp3) is 0.167. The summed E-state index contributed by atoms with van der Waals surface area (Å²) in [5.41, 5.74) is 1.51. The van der Waals surface area contributed by atoms with Crippen molar-refractivity contribution in [1.82, 2.24) is 20.9 Å². The van der Waals surface area contributed by atoms with Crippen molar-refractivity contribution in [3.63, 3.8) is 0 Å². The van der Waals surface area contributed by atoms with Crippen LogP contribution in [0.5, 0.6) is 0 Å². The van der Waals surface area contributed by atoms with E-state index in [9.17, 15) is 23.2 Å². The highest BCUT2D eigenvalue weighted by Crippen LogP contribution is 2.10. The highest BCUT2D eigenvalue weighted by atomic mass is 19.1. The molecule has 2 rings (SSSR count). The zero-order valence-corrected chi connectivity index (χ0v) is 11.9. The standard InChI is InChI=1S/C12H11F2N7O3/c13-5-1-6(14)9(16-2-5)21-18-3-7(15)10(22)17-4-8-11(23)20-12(24)19-8/h1-3,8,15H,4H2,(H,16,21)(H,17,22)(H2,19,20,23,24)/b15-7?,18-3-/t8-/m1/s1. The van der Waals surface area contributed by atoms with Crippen LogP contribution in [0.15, 0.2) is 17.4 Å². The number of aromatic nitrogens is 1. The maximum Gasteiger partial charge on any atom is 0.322 e. The van der Waals surface area contributed by atoms with E-state index >= 15 is 0 Å². The lowest BCUT2D eigenvalue weighted by atomic mass is 10.3. The first kappa shape index (κ1) is 16.9. The van der Waals surface area contributed by atoms with Gasteiger partial charge in [-0.15, -0.1) is 0 Å². The molecule has 5 N–H and O–H groups in total. The Hall–Kier alpha value is -3.44. The summed E-state index contributed by atoms with van der Waals surface area (Å²) in [7, 11) is 0. The molecule has 10 nitrogen and oxygen atoms in total. The predicted octanol–water partition coefficient (Wildman–Crippen LogP) is -0.899. The number of nitrogens with zero attached hydrogens (tertiary/aromatic N) is 2. The molecule has 0 aromatic carbocycles. The highest BCUT2D eigenvalue weighted by Gasteiger charge is 2.29. The summed E-state index contributed by atoms with van der Waals surface area (Å²) in [5, 5.41) is 17.4. The van der Waals surface area contributed by atoms with Gasteiger partial charge in [0.05, 0.1) is 12.4 Å². The number of hydrazone groups is 1. The molecule has 1 fully saturated rings. The van der Waals surface area contributed by atoms with Gasteiger partial charge in [0.15, 0.2) is 11.6 Å². The van der Waals surface area contributed by atoms with E-state index in [0.717, 1.165) is 12.4 Å². The van der Waals surface area contributed by atoms with Crippen LogP contribution in [-0.4, -0.2) is 47.3 Å². The Labute approximate surface area is 133 Å². The second-order valence-electron chi connectivity index (χ2n) is 4.49. The summed E-state index contributed by atoms with van der Waals surface area (Å²) < 4.78 is 25.9. The van der Waals surface area contributed by atoms with E-state index in [2.05, 4.69) is 26.1 Å². The van der Waals surface area contributed by atoms with Gasteiger partial charge in [-0.2, -0.15) is 5.10 Å². The molecule has 1 aromatic rings. The quantitative estimate of drug-likeness (QED) is 0.259. The Morgan fingerprint density at radius 2 is 2.21 bits per heavy atom. The Morgan fingerprint density at radius 1 is 1.46 bits per heavy atom. The lowest BCUT2D eigenvalue weighted by molar-refractivity contribution is -0.120. The number of imide groups is 1. The monoisotopic (exact) mass is 339 g/mol. The number of urea groups is 1. The largest absolute Gasteiger partial charge is 0.348 e. The summed E-state index contributed by atoms with van der Waals surface area (Å²) in [6, 6.07) is -1.01. The van der Waals surface area contributed by atoms with E-state index in [4.69, 9.17) is 5.41 Å². The van der Waals surface area contributed by atoms with Gasteiger partial charge < -0.3 is 10.6 Å². The van der Waals surface area contributed by atoms with Crippen LogP contribution in [0.1, 0.15) is 0 Å². The molecule has 0 radical (unpaired) electrons. The predicted molar refractivity (Wildman–Crippen MR) is 77.5 cm³/mol. The third kappa shape index (κ3) is 4.28. The van der Waals surface area contributed by atoms with Gasteiger partial charge in [-0.1, -0.05) is 0 Å². The first-order chi connectivity index (χ1) is 11.4. The van der Waals surface area contributed by atoms with E-state index in [1.54, 1.807) is 0 Å². The molecule has 0 bridgehead atoms. The van der Waals surface area contributed by atoms with E-state index in [1.165, 1.54) is 0 Å².